The Hall–Kier alpha value is -1.44. The van der Waals surface area contributed by atoms with Gasteiger partial charge in [-0.25, -0.2) is 9.11 Å². The number of ether oxygens (including phenoxy) is 1. The molecule has 0 radical (unpaired) electrons. The van der Waals surface area contributed by atoms with E-state index in [9.17, 15) is 9.59 Å². The molecule has 1 aromatic rings. The van der Waals surface area contributed by atoms with Gasteiger partial charge in [-0.05, 0) is 33.3 Å². The van der Waals surface area contributed by atoms with Crippen LogP contribution < -0.4 is 4.72 Å². The normalized spacial score (nSPS) is 21.5. The van der Waals surface area contributed by atoms with Crippen molar-refractivity contribution < 1.29 is 22.9 Å². The van der Waals surface area contributed by atoms with Crippen molar-refractivity contribution in [3.8, 4) is 0 Å². The van der Waals surface area contributed by atoms with Crippen molar-refractivity contribution in [3.63, 3.8) is 0 Å². The minimum atomic E-state index is -2.40. The van der Waals surface area contributed by atoms with Gasteiger partial charge in [0.15, 0.2) is 6.04 Å². The van der Waals surface area contributed by atoms with Crippen LogP contribution in [0.25, 0.3) is 0 Å². The molecule has 2 rings (SSSR count). The zero-order valence-corrected chi connectivity index (χ0v) is 15.0. The summed E-state index contributed by atoms with van der Waals surface area (Å²) in [5.41, 5.74) is -2.01. The van der Waals surface area contributed by atoms with Gasteiger partial charge in [0.05, 0.1) is 24.4 Å². The lowest BCUT2D eigenvalue weighted by Gasteiger charge is -2.28. The van der Waals surface area contributed by atoms with Crippen LogP contribution in [0.15, 0.2) is 24.3 Å². The SMILES string of the molecule is CCOC(=O)C(NSOC(C)(C)C)C1(F)Cc2ccccc2C1=O. The molecular formula is C17H22FNO4S. The quantitative estimate of drug-likeness (QED) is 0.481. The number of hydrogen-bond donors (Lipinski definition) is 1. The second kappa shape index (κ2) is 7.21. The number of esters is 1. The summed E-state index contributed by atoms with van der Waals surface area (Å²) in [6.45, 7) is 7.19. The number of ketones is 1. The Morgan fingerprint density at radius 3 is 2.67 bits per heavy atom. The molecule has 1 aliphatic carbocycles. The molecule has 1 aromatic carbocycles. The summed E-state index contributed by atoms with van der Waals surface area (Å²) in [5, 5.41) is 0. The summed E-state index contributed by atoms with van der Waals surface area (Å²) in [6, 6.07) is 5.22. The van der Waals surface area contributed by atoms with Crippen LogP contribution in [0.1, 0.15) is 43.6 Å². The topological polar surface area (TPSA) is 64.6 Å². The van der Waals surface area contributed by atoms with Gasteiger partial charge in [-0.3, -0.25) is 13.8 Å². The van der Waals surface area contributed by atoms with Crippen molar-refractivity contribution >= 4 is 24.0 Å². The van der Waals surface area contributed by atoms with Crippen molar-refractivity contribution in [1.82, 2.24) is 4.72 Å². The predicted molar refractivity (Wildman–Crippen MR) is 90.3 cm³/mol. The molecule has 1 aliphatic rings. The summed E-state index contributed by atoms with van der Waals surface area (Å²) in [6.07, 6.45) is -0.172. The molecule has 0 aliphatic heterocycles. The summed E-state index contributed by atoms with van der Waals surface area (Å²) in [5.74, 6) is -1.52. The van der Waals surface area contributed by atoms with Crippen molar-refractivity contribution in [1.29, 1.82) is 0 Å². The molecule has 132 valence electrons. The maximum atomic E-state index is 15.6. The van der Waals surface area contributed by atoms with Gasteiger partial charge in [-0.1, -0.05) is 24.3 Å². The van der Waals surface area contributed by atoms with Crippen LogP contribution in [0.3, 0.4) is 0 Å². The average Bonchev–Trinajstić information content (AvgIpc) is 2.75. The Balaban J connectivity index is 2.23. The number of halogens is 1. The Morgan fingerprint density at radius 2 is 2.08 bits per heavy atom. The number of carbonyl (C=O) groups is 2. The van der Waals surface area contributed by atoms with E-state index in [0.717, 1.165) is 12.2 Å². The molecule has 1 N–H and O–H groups in total. The third-order valence-corrected chi connectivity index (χ3v) is 4.44. The molecule has 0 amide bonds. The molecule has 0 saturated carbocycles. The van der Waals surface area contributed by atoms with E-state index in [4.69, 9.17) is 8.92 Å². The molecule has 0 bridgehead atoms. The number of benzene rings is 1. The first-order chi connectivity index (χ1) is 11.2. The van der Waals surface area contributed by atoms with Gasteiger partial charge in [0, 0.05) is 12.0 Å². The van der Waals surface area contributed by atoms with Crippen molar-refractivity contribution in [2.75, 3.05) is 6.61 Å². The second-order valence-corrected chi connectivity index (χ2v) is 7.18. The summed E-state index contributed by atoms with van der Waals surface area (Å²) in [4.78, 5) is 24.8. The lowest BCUT2D eigenvalue weighted by atomic mass is 9.92. The van der Waals surface area contributed by atoms with E-state index >= 15 is 4.39 Å². The van der Waals surface area contributed by atoms with Crippen LogP contribution in [-0.4, -0.2) is 35.7 Å². The Morgan fingerprint density at radius 1 is 1.42 bits per heavy atom. The van der Waals surface area contributed by atoms with Crippen molar-refractivity contribution in [2.24, 2.45) is 0 Å². The first-order valence-electron chi connectivity index (χ1n) is 7.77. The number of carbonyl (C=O) groups excluding carboxylic acids is 2. The van der Waals surface area contributed by atoms with E-state index in [0.29, 0.717) is 11.1 Å². The van der Waals surface area contributed by atoms with Crippen LogP contribution >= 0.6 is 12.2 Å². The minimum absolute atomic E-state index is 0.0963. The maximum Gasteiger partial charge on any atom is 0.327 e. The highest BCUT2D eigenvalue weighted by atomic mass is 32.2. The van der Waals surface area contributed by atoms with Crippen LogP contribution in [0, 0.1) is 0 Å². The van der Waals surface area contributed by atoms with E-state index in [-0.39, 0.29) is 13.0 Å². The van der Waals surface area contributed by atoms with E-state index in [1.165, 1.54) is 0 Å². The molecule has 7 heteroatoms. The highest BCUT2D eigenvalue weighted by molar-refractivity contribution is 7.92. The average molecular weight is 355 g/mol. The van der Waals surface area contributed by atoms with E-state index in [2.05, 4.69) is 4.72 Å². The molecule has 2 atom stereocenters. The summed E-state index contributed by atoms with van der Waals surface area (Å²) >= 11 is 0.746. The van der Waals surface area contributed by atoms with E-state index in [1.54, 1.807) is 31.2 Å². The van der Waals surface area contributed by atoms with Gasteiger partial charge in [0.2, 0.25) is 11.5 Å². The molecule has 0 fully saturated rings. The van der Waals surface area contributed by atoms with Gasteiger partial charge in [-0.2, -0.15) is 0 Å². The molecule has 24 heavy (non-hydrogen) atoms. The lowest BCUT2D eigenvalue weighted by molar-refractivity contribution is -0.148. The smallest absolute Gasteiger partial charge is 0.327 e. The zero-order valence-electron chi connectivity index (χ0n) is 14.2. The predicted octanol–water partition coefficient (Wildman–Crippen LogP) is 3.03. The maximum absolute atomic E-state index is 15.6. The molecule has 0 aromatic heterocycles. The van der Waals surface area contributed by atoms with Gasteiger partial charge in [0.1, 0.15) is 0 Å². The third-order valence-electron chi connectivity index (χ3n) is 3.52. The molecule has 5 nitrogen and oxygen atoms in total. The number of alkyl halides is 1. The van der Waals surface area contributed by atoms with Gasteiger partial charge < -0.3 is 4.74 Å². The number of hydrogen-bond acceptors (Lipinski definition) is 6. The fourth-order valence-corrected chi connectivity index (χ4v) is 3.14. The van der Waals surface area contributed by atoms with E-state index < -0.39 is 29.1 Å². The fourth-order valence-electron chi connectivity index (χ4n) is 2.46. The molecule has 0 spiro atoms. The van der Waals surface area contributed by atoms with Crippen LogP contribution in [-0.2, 0) is 20.1 Å². The molecular weight excluding hydrogens is 333 g/mol. The first kappa shape index (κ1) is 18.9. The standard InChI is InChI=1S/C17H22FNO4S/c1-5-22-15(21)13(19-24-23-16(2,3)4)17(18)10-11-8-6-7-9-12(11)14(17)20/h6-9,13,19H,5,10H2,1-4H3. The van der Waals surface area contributed by atoms with Crippen molar-refractivity contribution in [3.05, 3.63) is 35.4 Å². The highest BCUT2D eigenvalue weighted by Crippen LogP contribution is 2.37. The fraction of sp³-hybridized carbons (Fsp3) is 0.529. The largest absolute Gasteiger partial charge is 0.465 e. The van der Waals surface area contributed by atoms with Crippen molar-refractivity contribution in [2.45, 2.75) is 51.4 Å². The first-order valence-corrected chi connectivity index (χ1v) is 8.51. The lowest BCUT2D eigenvalue weighted by Crippen LogP contribution is -2.55. The Labute approximate surface area is 145 Å². The monoisotopic (exact) mass is 355 g/mol. The highest BCUT2D eigenvalue weighted by Gasteiger charge is 2.55. The third kappa shape index (κ3) is 3.96. The van der Waals surface area contributed by atoms with Gasteiger partial charge >= 0.3 is 5.97 Å². The Kier molecular flexibility index (Phi) is 5.67. The molecule has 0 saturated heterocycles. The number of Topliss-reactive ketones (excluding diaryl/α,β-unsaturated/α-hetero) is 1. The van der Waals surface area contributed by atoms with E-state index in [1.807, 2.05) is 20.8 Å². The molecule has 0 heterocycles. The summed E-state index contributed by atoms with van der Waals surface area (Å²) < 4.78 is 28.6. The number of rotatable bonds is 6. The van der Waals surface area contributed by atoms with Crippen LogP contribution in [0.2, 0.25) is 0 Å². The number of nitrogens with one attached hydrogen (secondary N) is 1. The number of fused-ring (bicyclic) bond motifs is 1. The zero-order chi connectivity index (χ0) is 18.0. The van der Waals surface area contributed by atoms with Gasteiger partial charge in [-0.15, -0.1) is 0 Å². The van der Waals surface area contributed by atoms with Gasteiger partial charge in [0.25, 0.3) is 0 Å². The summed E-state index contributed by atoms with van der Waals surface area (Å²) in [7, 11) is 0. The van der Waals surface area contributed by atoms with Crippen LogP contribution in [0.5, 0.6) is 0 Å². The molecule has 2 unspecified atom stereocenters. The van der Waals surface area contributed by atoms with Crippen LogP contribution in [0.4, 0.5) is 4.39 Å². The minimum Gasteiger partial charge on any atom is -0.465 e. The second-order valence-electron chi connectivity index (χ2n) is 6.61. The Bertz CT molecular complexity index is 631.